The fourth-order valence-corrected chi connectivity index (χ4v) is 4.95. The van der Waals surface area contributed by atoms with Gasteiger partial charge in [-0.15, -0.1) is 0 Å². The van der Waals surface area contributed by atoms with E-state index in [2.05, 4.69) is 6.92 Å². The molecular weight excluding hydrogens is 531 g/mol. The summed E-state index contributed by atoms with van der Waals surface area (Å²) < 4.78 is 27.2. The molecule has 3 rings (SSSR count). The van der Waals surface area contributed by atoms with E-state index in [0.29, 0.717) is 22.9 Å². The van der Waals surface area contributed by atoms with Gasteiger partial charge in [-0.2, -0.15) is 0 Å². The number of aliphatic carboxylic acids is 1. The summed E-state index contributed by atoms with van der Waals surface area (Å²) in [6.45, 7) is 6.89. The fraction of sp³-hybridized carbons (Fsp3) is 0.455. The van der Waals surface area contributed by atoms with Crippen LogP contribution >= 0.6 is 11.6 Å². The summed E-state index contributed by atoms with van der Waals surface area (Å²) in [7, 11) is 0. The molecule has 0 saturated heterocycles. The van der Waals surface area contributed by atoms with Gasteiger partial charge in [-0.3, -0.25) is 4.79 Å². The molecule has 2 unspecified atom stereocenters. The summed E-state index contributed by atoms with van der Waals surface area (Å²) in [6, 6.07) is 11.4. The minimum atomic E-state index is -2.15. The van der Waals surface area contributed by atoms with Crippen molar-refractivity contribution in [3.05, 3.63) is 88.2 Å². The first-order valence-corrected chi connectivity index (χ1v) is 14.6. The van der Waals surface area contributed by atoms with Crippen molar-refractivity contribution in [2.75, 3.05) is 13.2 Å². The zero-order chi connectivity index (χ0) is 29.1. The molecule has 0 spiro atoms. The van der Waals surface area contributed by atoms with Crippen LogP contribution in [0.4, 0.5) is 4.39 Å². The Hall–Kier alpha value is -3.12. The number of rotatable bonds is 15. The molecule has 0 radical (unpaired) electrons. The second kappa shape index (κ2) is 15.0. The Bertz CT molecular complexity index is 1220. The lowest BCUT2D eigenvalue weighted by Gasteiger charge is -2.31. The third-order valence-electron chi connectivity index (χ3n) is 7.46. The van der Waals surface area contributed by atoms with Crippen LogP contribution in [0.25, 0.3) is 0 Å². The maximum atomic E-state index is 15.9. The molecule has 40 heavy (non-hydrogen) atoms. The van der Waals surface area contributed by atoms with E-state index in [1.165, 1.54) is 50.0 Å². The van der Waals surface area contributed by atoms with Gasteiger partial charge in [-0.1, -0.05) is 107 Å². The van der Waals surface area contributed by atoms with Crippen molar-refractivity contribution in [1.82, 2.24) is 0 Å². The van der Waals surface area contributed by atoms with Gasteiger partial charge in [0.15, 0.2) is 5.41 Å². The van der Waals surface area contributed by atoms with Gasteiger partial charge in [0.2, 0.25) is 0 Å². The Morgan fingerprint density at radius 2 is 1.80 bits per heavy atom. The first kappa shape index (κ1) is 31.4. The molecule has 0 amide bonds. The lowest BCUT2D eigenvalue weighted by atomic mass is 9.72. The average Bonchev–Trinajstić information content (AvgIpc) is 2.95. The summed E-state index contributed by atoms with van der Waals surface area (Å²) in [5.41, 5.74) is -1.40. The van der Waals surface area contributed by atoms with Crippen LogP contribution in [0.5, 0.6) is 5.75 Å². The summed E-state index contributed by atoms with van der Waals surface area (Å²) in [4.78, 5) is 25.5. The molecule has 0 saturated carbocycles. The number of carboxylic acid groups (broad SMARTS) is 1. The Kier molecular flexibility index (Phi) is 11.8. The number of esters is 1. The van der Waals surface area contributed by atoms with Crippen molar-refractivity contribution in [1.29, 1.82) is 0 Å². The standard InChI is InChI=1S/C33H40ClFO5/c1-4-6-7-8-9-12-19-39-29-16-15-24(20-28(29)34)25-17-18-33(32(37)38,30(35)21-25)27-14-11-10-13-26(27)31(36)40-22-23(3)5-2/h10-11,13-18,20-21,23,25H,4-9,12,19,22H2,1-3H3,(H,37,38)/t23-,25?,33?/m0/s1. The Labute approximate surface area is 242 Å². The Morgan fingerprint density at radius 1 is 1.07 bits per heavy atom. The molecule has 0 fully saturated rings. The van der Waals surface area contributed by atoms with Gasteiger partial charge >= 0.3 is 11.9 Å². The predicted octanol–water partition coefficient (Wildman–Crippen LogP) is 8.81. The second-order valence-corrected chi connectivity index (χ2v) is 10.9. The molecule has 0 aromatic heterocycles. The largest absolute Gasteiger partial charge is 0.492 e. The van der Waals surface area contributed by atoms with Crippen LogP contribution in [-0.4, -0.2) is 30.3 Å². The van der Waals surface area contributed by atoms with Gasteiger partial charge in [0, 0.05) is 5.92 Å². The van der Waals surface area contributed by atoms with Gasteiger partial charge in [-0.05, 0) is 47.7 Å². The topological polar surface area (TPSA) is 72.8 Å². The third-order valence-corrected chi connectivity index (χ3v) is 7.75. The molecule has 5 nitrogen and oxygen atoms in total. The lowest BCUT2D eigenvalue weighted by Crippen LogP contribution is -2.38. The summed E-state index contributed by atoms with van der Waals surface area (Å²) in [6.07, 6.45) is 12.0. The predicted molar refractivity (Wildman–Crippen MR) is 157 cm³/mol. The maximum Gasteiger partial charge on any atom is 0.338 e. The molecule has 216 valence electrons. The normalized spacial score (nSPS) is 19.1. The smallest absolute Gasteiger partial charge is 0.338 e. The molecule has 1 aliphatic rings. The molecule has 3 atom stereocenters. The van der Waals surface area contributed by atoms with Crippen molar-refractivity contribution >= 4 is 23.5 Å². The van der Waals surface area contributed by atoms with Crippen LogP contribution in [0.1, 0.15) is 93.1 Å². The third kappa shape index (κ3) is 7.54. The van der Waals surface area contributed by atoms with Crippen molar-refractivity contribution in [3.8, 4) is 5.75 Å². The van der Waals surface area contributed by atoms with E-state index in [0.717, 1.165) is 19.3 Å². The lowest BCUT2D eigenvalue weighted by molar-refractivity contribution is -0.141. The second-order valence-electron chi connectivity index (χ2n) is 10.5. The number of unbranched alkanes of at least 4 members (excludes halogenated alkanes) is 5. The number of benzene rings is 2. The SMILES string of the molecule is CCCCCCCCOc1ccc(C2C=CC(C(=O)O)(c3ccccc3C(=O)OC[C@@H](C)CC)C(F)=C2)cc1Cl. The molecule has 2 aromatic rings. The Morgan fingerprint density at radius 3 is 2.48 bits per heavy atom. The number of allylic oxidation sites excluding steroid dienone is 2. The van der Waals surface area contributed by atoms with E-state index in [4.69, 9.17) is 21.1 Å². The van der Waals surface area contributed by atoms with E-state index in [9.17, 15) is 14.7 Å². The Balaban J connectivity index is 1.78. The van der Waals surface area contributed by atoms with Crippen molar-refractivity contribution in [2.24, 2.45) is 5.92 Å². The highest BCUT2D eigenvalue weighted by Crippen LogP contribution is 2.43. The maximum absolute atomic E-state index is 15.9. The van der Waals surface area contributed by atoms with E-state index in [1.54, 1.807) is 36.4 Å². The van der Waals surface area contributed by atoms with Crippen LogP contribution in [-0.2, 0) is 14.9 Å². The molecule has 7 heteroatoms. The van der Waals surface area contributed by atoms with Crippen LogP contribution in [0.3, 0.4) is 0 Å². The minimum Gasteiger partial charge on any atom is -0.492 e. The fourth-order valence-electron chi connectivity index (χ4n) is 4.71. The molecule has 0 bridgehead atoms. The van der Waals surface area contributed by atoms with Crippen LogP contribution in [0.2, 0.25) is 5.02 Å². The highest BCUT2D eigenvalue weighted by molar-refractivity contribution is 6.32. The van der Waals surface area contributed by atoms with Gasteiger partial charge in [-0.25, -0.2) is 9.18 Å². The zero-order valence-electron chi connectivity index (χ0n) is 23.6. The van der Waals surface area contributed by atoms with E-state index < -0.39 is 29.1 Å². The average molecular weight is 571 g/mol. The number of carbonyl (C=O) groups is 2. The van der Waals surface area contributed by atoms with Gasteiger partial charge in [0.1, 0.15) is 11.6 Å². The molecular formula is C33H40ClFO5. The molecule has 0 heterocycles. The summed E-state index contributed by atoms with van der Waals surface area (Å²) in [5, 5.41) is 10.7. The van der Waals surface area contributed by atoms with E-state index in [1.807, 2.05) is 13.8 Å². The number of halogens is 2. The zero-order valence-corrected chi connectivity index (χ0v) is 24.4. The summed E-state index contributed by atoms with van der Waals surface area (Å²) >= 11 is 6.48. The number of carbonyl (C=O) groups excluding carboxylic acids is 1. The molecule has 1 N–H and O–H groups in total. The first-order chi connectivity index (χ1) is 19.2. The van der Waals surface area contributed by atoms with Crippen molar-refractivity contribution in [3.63, 3.8) is 0 Å². The van der Waals surface area contributed by atoms with Crippen LogP contribution in [0.15, 0.2) is 66.5 Å². The summed E-state index contributed by atoms with van der Waals surface area (Å²) in [5.74, 6) is -2.81. The first-order valence-electron chi connectivity index (χ1n) is 14.2. The molecule has 2 aromatic carbocycles. The van der Waals surface area contributed by atoms with Crippen LogP contribution < -0.4 is 4.74 Å². The van der Waals surface area contributed by atoms with Crippen molar-refractivity contribution in [2.45, 2.75) is 77.0 Å². The number of carboxylic acids is 1. The van der Waals surface area contributed by atoms with E-state index >= 15 is 4.39 Å². The minimum absolute atomic E-state index is 0.0229. The van der Waals surface area contributed by atoms with Crippen molar-refractivity contribution < 1.29 is 28.6 Å². The van der Waals surface area contributed by atoms with Gasteiger partial charge < -0.3 is 14.6 Å². The molecule has 0 aliphatic heterocycles. The van der Waals surface area contributed by atoms with Gasteiger partial charge in [0.05, 0.1) is 23.8 Å². The highest BCUT2D eigenvalue weighted by atomic mass is 35.5. The van der Waals surface area contributed by atoms with Gasteiger partial charge in [0.25, 0.3) is 0 Å². The number of hydrogen-bond acceptors (Lipinski definition) is 4. The number of ether oxygens (including phenoxy) is 2. The molecule has 1 aliphatic carbocycles. The quantitative estimate of drug-likeness (QED) is 0.131. The highest BCUT2D eigenvalue weighted by Gasteiger charge is 2.47. The number of hydrogen-bond donors (Lipinski definition) is 1. The van der Waals surface area contributed by atoms with Crippen LogP contribution in [0, 0.1) is 5.92 Å². The monoisotopic (exact) mass is 570 g/mol. The van der Waals surface area contributed by atoms with E-state index in [-0.39, 0.29) is 23.7 Å².